The summed E-state index contributed by atoms with van der Waals surface area (Å²) < 4.78 is 10.5. The van der Waals surface area contributed by atoms with Crippen LogP contribution in [0.25, 0.3) is 0 Å². The second-order valence-electron chi connectivity index (χ2n) is 6.85. The van der Waals surface area contributed by atoms with Crippen LogP contribution in [-0.4, -0.2) is 13.3 Å². The van der Waals surface area contributed by atoms with E-state index < -0.39 is 0 Å². The van der Waals surface area contributed by atoms with E-state index in [0.717, 1.165) is 19.1 Å². The van der Waals surface area contributed by atoms with Crippen LogP contribution in [-0.2, 0) is 11.2 Å². The summed E-state index contributed by atoms with van der Waals surface area (Å²) in [6.45, 7) is 0.523. The predicted octanol–water partition coefficient (Wildman–Crippen LogP) is 4.95. The van der Waals surface area contributed by atoms with Crippen molar-refractivity contribution < 1.29 is 4.70 Å². The van der Waals surface area contributed by atoms with Crippen LogP contribution in [0, 0.1) is 0 Å². The van der Waals surface area contributed by atoms with Gasteiger partial charge in [-0.15, -0.1) is 0 Å². The molecule has 1 aliphatic heterocycles. The van der Waals surface area contributed by atoms with E-state index in [2.05, 4.69) is 89.2 Å². The second kappa shape index (κ2) is 8.13. The van der Waals surface area contributed by atoms with Crippen molar-refractivity contribution in [1.29, 1.82) is 0 Å². The first-order valence-electron chi connectivity index (χ1n) is 9.28. The molecule has 0 radical (unpaired) electrons. The molecule has 2 atom stereocenters. The zero-order chi connectivity index (χ0) is 18.5. The summed E-state index contributed by atoms with van der Waals surface area (Å²) in [6.07, 6.45) is 2.32. The number of nitrogens with zero attached hydrogens (tertiary/aromatic N) is 1. The molecule has 0 spiro atoms. The van der Waals surface area contributed by atoms with Crippen LogP contribution >= 0.6 is 0 Å². The van der Waals surface area contributed by atoms with Gasteiger partial charge in [0, 0.05) is 0 Å². The zero-order valence-electron chi connectivity index (χ0n) is 15.1. The Morgan fingerprint density at radius 1 is 0.963 bits per heavy atom. The van der Waals surface area contributed by atoms with Gasteiger partial charge in [0.1, 0.15) is 0 Å². The fraction of sp³-hybridized carbons (Fsp3) is 0.174. The topological polar surface area (TPSA) is 41.5 Å². The molecule has 1 heterocycles. The van der Waals surface area contributed by atoms with Gasteiger partial charge in [-0.3, -0.25) is 0 Å². The molecule has 0 saturated carbocycles. The molecule has 4 heteroatoms. The van der Waals surface area contributed by atoms with E-state index in [9.17, 15) is 4.70 Å². The Bertz CT molecular complexity index is 941. The second-order valence-corrected chi connectivity index (χ2v) is 6.85. The Morgan fingerprint density at radius 2 is 1.67 bits per heavy atom. The van der Waals surface area contributed by atoms with Crippen LogP contribution in [0.3, 0.4) is 0 Å². The van der Waals surface area contributed by atoms with E-state index in [4.69, 9.17) is 0 Å². The van der Waals surface area contributed by atoms with Gasteiger partial charge < -0.3 is 0 Å². The van der Waals surface area contributed by atoms with Gasteiger partial charge in [0.05, 0.1) is 0 Å². The average molecular weight is 352 g/mol. The third-order valence-corrected chi connectivity index (χ3v) is 5.14. The Morgan fingerprint density at radius 3 is 2.37 bits per heavy atom. The van der Waals surface area contributed by atoms with Gasteiger partial charge in [0.2, 0.25) is 0 Å². The summed E-state index contributed by atoms with van der Waals surface area (Å²) in [5.41, 5.74) is 6.23. The molecule has 0 bridgehead atoms. The summed E-state index contributed by atoms with van der Waals surface area (Å²) in [4.78, 5) is 4.16. The van der Waals surface area contributed by atoms with E-state index in [1.807, 2.05) is 0 Å². The molecule has 0 aliphatic carbocycles. The van der Waals surface area contributed by atoms with Crippen molar-refractivity contribution in [1.82, 2.24) is 0 Å². The first kappa shape index (κ1) is 17.4. The molecule has 132 valence electrons. The van der Waals surface area contributed by atoms with Crippen molar-refractivity contribution in [2.45, 2.75) is 24.9 Å². The summed E-state index contributed by atoms with van der Waals surface area (Å²) in [7, 11) is 0.719. The average Bonchev–Trinajstić information content (AvgIpc) is 2.74. The van der Waals surface area contributed by atoms with Gasteiger partial charge in [-0.05, 0) is 0 Å². The van der Waals surface area contributed by atoms with Crippen molar-refractivity contribution in [3.63, 3.8) is 0 Å². The number of rotatable bonds is 5. The maximum atomic E-state index is 10.5. The summed E-state index contributed by atoms with van der Waals surface area (Å²) in [6, 6.07) is 28.0. The van der Waals surface area contributed by atoms with E-state index in [1.165, 1.54) is 28.5 Å². The molecule has 3 aromatic carbocycles. The molecule has 27 heavy (non-hydrogen) atoms. The Hall–Kier alpha value is -3.01. The number of aliphatic imine (C=N–C) groups is 1. The van der Waals surface area contributed by atoms with Gasteiger partial charge in [-0.1, -0.05) is 6.07 Å². The third kappa shape index (κ3) is 3.90. The molecule has 0 amide bonds. The van der Waals surface area contributed by atoms with Crippen LogP contribution in [0.2, 0.25) is 0 Å². The molecule has 0 aromatic heterocycles. The molecule has 3 aromatic rings. The van der Waals surface area contributed by atoms with Gasteiger partial charge >= 0.3 is 154 Å². The van der Waals surface area contributed by atoms with Gasteiger partial charge in [-0.25, -0.2) is 0 Å². The van der Waals surface area contributed by atoms with Crippen LogP contribution in [0.15, 0.2) is 83.9 Å². The first-order valence-corrected chi connectivity index (χ1v) is 9.28. The standard InChI is InChI=1S/C23H21BN2O/c27-24-16-25-15-17-11-12-22-21(13-17)20(18-7-3-1-4-8-18)14-23(26-22)19-9-5-2-6-10-19/h1-13,16,20,23,26H,14-15H2. The number of hydrogen-bond donors (Lipinski definition) is 1. The van der Waals surface area contributed by atoms with Crippen molar-refractivity contribution in [3.8, 4) is 0 Å². The quantitative estimate of drug-likeness (QED) is 0.521. The summed E-state index contributed by atoms with van der Waals surface area (Å²) in [5.74, 6) is 0.322. The first-order chi connectivity index (χ1) is 13.3. The van der Waals surface area contributed by atoms with Crippen molar-refractivity contribution >= 4 is 19.0 Å². The van der Waals surface area contributed by atoms with Gasteiger partial charge in [0.15, 0.2) is 0 Å². The van der Waals surface area contributed by atoms with E-state index in [1.54, 1.807) is 0 Å². The van der Waals surface area contributed by atoms with E-state index in [0.29, 0.717) is 12.5 Å². The molecule has 0 saturated heterocycles. The maximum absolute atomic E-state index is 10.5. The molecule has 0 fully saturated rings. The molecule has 1 N–H and O–H groups in total. The summed E-state index contributed by atoms with van der Waals surface area (Å²) >= 11 is 0. The fourth-order valence-electron chi connectivity index (χ4n) is 3.85. The fourth-order valence-corrected chi connectivity index (χ4v) is 3.85. The van der Waals surface area contributed by atoms with Crippen molar-refractivity contribution in [2.75, 3.05) is 5.32 Å². The number of anilines is 1. The number of fused-ring (bicyclic) bond motifs is 1. The van der Waals surface area contributed by atoms with Gasteiger partial charge in [0.25, 0.3) is 0 Å². The number of benzene rings is 3. The Balaban J connectivity index is 1.73. The van der Waals surface area contributed by atoms with Crippen LogP contribution in [0.4, 0.5) is 5.69 Å². The Kier molecular flexibility index (Phi) is 5.24. The SMILES string of the molecule is O=BC=NCc1ccc2c(c1)C(c1ccccc1)CC(c1ccccc1)N2. The molecular weight excluding hydrogens is 331 g/mol. The summed E-state index contributed by atoms with van der Waals surface area (Å²) in [5, 5.41) is 3.71. The monoisotopic (exact) mass is 352 g/mol. The minimum atomic E-state index is 0.280. The van der Waals surface area contributed by atoms with E-state index in [-0.39, 0.29) is 6.04 Å². The van der Waals surface area contributed by atoms with Crippen LogP contribution < -0.4 is 5.32 Å². The number of hydrogen-bond acceptors (Lipinski definition) is 3. The number of nitrogens with one attached hydrogen (secondary N) is 1. The van der Waals surface area contributed by atoms with Crippen molar-refractivity contribution in [3.05, 3.63) is 101 Å². The van der Waals surface area contributed by atoms with Crippen LogP contribution in [0.5, 0.6) is 0 Å². The Labute approximate surface area is 160 Å². The predicted molar refractivity (Wildman–Crippen MR) is 111 cm³/mol. The molecular formula is C23H21BN2O. The van der Waals surface area contributed by atoms with Crippen LogP contribution in [0.1, 0.15) is 40.6 Å². The molecule has 1 aliphatic rings. The normalized spacial score (nSPS) is 18.5. The molecule has 3 nitrogen and oxygen atoms in total. The third-order valence-electron chi connectivity index (χ3n) is 5.14. The molecule has 4 rings (SSSR count). The minimum absolute atomic E-state index is 0.280. The van der Waals surface area contributed by atoms with Gasteiger partial charge in [-0.2, -0.15) is 0 Å². The zero-order valence-corrected chi connectivity index (χ0v) is 15.1. The molecule has 2 unspecified atom stereocenters. The van der Waals surface area contributed by atoms with E-state index >= 15 is 0 Å². The van der Waals surface area contributed by atoms with Crippen molar-refractivity contribution in [2.24, 2.45) is 4.99 Å².